The number of amides is 1. The molecule has 120 valence electrons. The van der Waals surface area contributed by atoms with Gasteiger partial charge in [-0.2, -0.15) is 5.10 Å². The van der Waals surface area contributed by atoms with Gasteiger partial charge >= 0.3 is 11.0 Å². The molecule has 0 spiro atoms. The van der Waals surface area contributed by atoms with Crippen LogP contribution >= 0.6 is 11.3 Å². The van der Waals surface area contributed by atoms with Gasteiger partial charge in [0.1, 0.15) is 5.82 Å². The molecule has 0 bridgehead atoms. The highest BCUT2D eigenvalue weighted by Crippen LogP contribution is 2.28. The molecule has 1 aromatic heterocycles. The van der Waals surface area contributed by atoms with Gasteiger partial charge < -0.3 is 11.5 Å². The zero-order valence-electron chi connectivity index (χ0n) is 12.0. The van der Waals surface area contributed by atoms with Crippen LogP contribution in [0.4, 0.5) is 19.6 Å². The Morgan fingerprint density at radius 2 is 2.13 bits per heavy atom. The number of anilines is 2. The molecule has 7 nitrogen and oxygen atoms in total. The number of hydrogen-bond acceptors (Lipinski definition) is 4. The van der Waals surface area contributed by atoms with Gasteiger partial charge in [-0.15, -0.1) is 10.0 Å². The number of carbonyl (C=O) groups excluding carboxylic acids is 1. The highest BCUT2D eigenvalue weighted by molar-refractivity contribution is 7.13. The van der Waals surface area contributed by atoms with E-state index in [4.69, 9.17) is 11.5 Å². The Hall–Kier alpha value is -2.88. The summed E-state index contributed by atoms with van der Waals surface area (Å²) in [5.41, 5.74) is 10.7. The fourth-order valence-electron chi connectivity index (χ4n) is 1.72. The Morgan fingerprint density at radius 3 is 2.74 bits per heavy atom. The Labute approximate surface area is 134 Å². The van der Waals surface area contributed by atoms with Crippen LogP contribution in [0.2, 0.25) is 0 Å². The summed E-state index contributed by atoms with van der Waals surface area (Å²) in [7, 11) is 0. The maximum atomic E-state index is 13.9. The van der Waals surface area contributed by atoms with Gasteiger partial charge in [0.2, 0.25) is 5.96 Å². The molecular weight excluding hydrogens is 326 g/mol. The first-order chi connectivity index (χ1) is 10.9. The second-order valence-electron chi connectivity index (χ2n) is 4.34. The molecule has 23 heavy (non-hydrogen) atoms. The molecule has 2 rings (SSSR count). The molecule has 0 aliphatic heterocycles. The van der Waals surface area contributed by atoms with Crippen LogP contribution < -0.4 is 21.4 Å². The fraction of sp³-hybridized carbons (Fsp3) is 0.0769. The number of halogens is 2. The number of aromatic nitrogens is 1. The lowest BCUT2D eigenvalue weighted by atomic mass is 10.2. The molecule has 0 unspecified atom stereocenters. The molecule has 2 aromatic rings. The molecular formula is C13H13F2N6OS+. The van der Waals surface area contributed by atoms with E-state index in [1.807, 2.05) is 0 Å². The number of nitrogens with two attached hydrogens (primary N) is 2. The van der Waals surface area contributed by atoms with Crippen LogP contribution in [0.25, 0.3) is 0 Å². The molecule has 0 saturated carbocycles. The van der Waals surface area contributed by atoms with Crippen molar-refractivity contribution in [2.75, 3.05) is 4.90 Å². The highest BCUT2D eigenvalue weighted by Gasteiger charge is 2.29. The molecule has 0 aliphatic carbocycles. The molecule has 0 saturated heterocycles. The maximum absolute atomic E-state index is 13.9. The molecule has 1 amide bonds. The summed E-state index contributed by atoms with van der Waals surface area (Å²) in [5, 5.41) is 9.02. The van der Waals surface area contributed by atoms with E-state index < -0.39 is 17.5 Å². The molecule has 1 heterocycles. The summed E-state index contributed by atoms with van der Waals surface area (Å²) in [4.78, 5) is 15.8. The quantitative estimate of drug-likeness (QED) is 0.495. The van der Waals surface area contributed by atoms with E-state index in [2.05, 4.69) is 15.2 Å². The number of aromatic amines is 1. The lowest BCUT2D eigenvalue weighted by Crippen LogP contribution is -2.28. The second-order valence-corrected chi connectivity index (χ2v) is 5.20. The third-order valence-corrected chi connectivity index (χ3v) is 3.47. The lowest BCUT2D eigenvalue weighted by Gasteiger charge is -2.10. The van der Waals surface area contributed by atoms with Crippen LogP contribution in [0, 0.1) is 11.6 Å². The molecule has 0 radical (unpaired) electrons. The predicted molar refractivity (Wildman–Crippen MR) is 83.5 cm³/mol. The summed E-state index contributed by atoms with van der Waals surface area (Å²) in [6, 6.07) is 2.97. The number of rotatable bonds is 4. The lowest BCUT2D eigenvalue weighted by molar-refractivity contribution is -0.357. The number of thiazole rings is 1. The number of carbonyl (C=O) groups is 1. The summed E-state index contributed by atoms with van der Waals surface area (Å²) in [6.45, 7) is 1.27. The van der Waals surface area contributed by atoms with E-state index in [1.165, 1.54) is 19.2 Å². The second kappa shape index (κ2) is 6.92. The van der Waals surface area contributed by atoms with Crippen LogP contribution in [-0.2, 0) is 4.79 Å². The number of nitrogens with zero attached hydrogens (tertiary/aromatic N) is 3. The van der Waals surface area contributed by atoms with Gasteiger partial charge in [-0.1, -0.05) is 11.3 Å². The topological polar surface area (TPSA) is 111 Å². The van der Waals surface area contributed by atoms with Gasteiger partial charge in [-0.3, -0.25) is 0 Å². The van der Waals surface area contributed by atoms with Gasteiger partial charge in [-0.05, 0) is 12.1 Å². The number of benzene rings is 1. The molecule has 0 aliphatic rings. The van der Waals surface area contributed by atoms with Crippen LogP contribution in [0.3, 0.4) is 0 Å². The van der Waals surface area contributed by atoms with Crippen molar-refractivity contribution in [2.24, 2.45) is 21.7 Å². The minimum atomic E-state index is -0.849. The SMILES string of the molecule is CC(=O)N(c1[nH+]c(/C=N\N=C(N)N)cs1)c1ccc(F)cc1F. The Bertz CT molecular complexity index is 785. The Kier molecular flexibility index (Phi) is 4.96. The van der Waals surface area contributed by atoms with Crippen LogP contribution in [0.15, 0.2) is 33.8 Å². The minimum Gasteiger partial charge on any atom is -0.369 e. The third kappa shape index (κ3) is 4.07. The molecule has 1 aromatic carbocycles. The number of nitrogens with one attached hydrogen (secondary N) is 1. The molecule has 0 fully saturated rings. The van der Waals surface area contributed by atoms with Gasteiger partial charge in [0.15, 0.2) is 17.2 Å². The predicted octanol–water partition coefficient (Wildman–Crippen LogP) is 1.13. The van der Waals surface area contributed by atoms with E-state index in [0.717, 1.165) is 22.3 Å². The number of H-pyrrole nitrogens is 1. The van der Waals surface area contributed by atoms with Gasteiger partial charge in [0.25, 0.3) is 0 Å². The first-order valence-corrected chi connectivity index (χ1v) is 7.15. The molecule has 10 heteroatoms. The van der Waals surface area contributed by atoms with Crippen LogP contribution in [0.1, 0.15) is 12.6 Å². The average Bonchev–Trinajstić information content (AvgIpc) is 2.89. The van der Waals surface area contributed by atoms with Crippen molar-refractivity contribution in [3.05, 3.63) is 40.9 Å². The highest BCUT2D eigenvalue weighted by atomic mass is 32.1. The van der Waals surface area contributed by atoms with E-state index >= 15 is 0 Å². The summed E-state index contributed by atoms with van der Waals surface area (Å²) < 4.78 is 27.0. The zero-order valence-corrected chi connectivity index (χ0v) is 12.8. The van der Waals surface area contributed by atoms with Crippen molar-refractivity contribution in [2.45, 2.75) is 6.92 Å². The fourth-order valence-corrected chi connectivity index (χ4v) is 2.58. The van der Waals surface area contributed by atoms with E-state index in [1.54, 1.807) is 5.38 Å². The first-order valence-electron chi connectivity index (χ1n) is 6.27. The minimum absolute atomic E-state index is 0.0651. The molecule has 0 atom stereocenters. The van der Waals surface area contributed by atoms with Gasteiger partial charge in [-0.25, -0.2) is 18.6 Å². The normalized spacial score (nSPS) is 10.7. The smallest absolute Gasteiger partial charge is 0.347 e. The third-order valence-electron chi connectivity index (χ3n) is 2.59. The van der Waals surface area contributed by atoms with E-state index in [9.17, 15) is 13.6 Å². The number of hydrogen-bond donors (Lipinski definition) is 2. The van der Waals surface area contributed by atoms with Crippen molar-refractivity contribution < 1.29 is 18.6 Å². The van der Waals surface area contributed by atoms with E-state index in [0.29, 0.717) is 16.9 Å². The monoisotopic (exact) mass is 339 g/mol. The number of guanidine groups is 1. The first kappa shape index (κ1) is 16.5. The molecule has 5 N–H and O–H groups in total. The van der Waals surface area contributed by atoms with Crippen molar-refractivity contribution in [3.63, 3.8) is 0 Å². The summed E-state index contributed by atoms with van der Waals surface area (Å²) in [6.07, 6.45) is 1.33. The van der Waals surface area contributed by atoms with Crippen LogP contribution in [0.5, 0.6) is 0 Å². The van der Waals surface area contributed by atoms with E-state index in [-0.39, 0.29) is 11.6 Å². The van der Waals surface area contributed by atoms with Crippen molar-refractivity contribution in [1.82, 2.24) is 0 Å². The van der Waals surface area contributed by atoms with Gasteiger partial charge in [0.05, 0.1) is 6.21 Å². The van der Waals surface area contributed by atoms with Crippen molar-refractivity contribution >= 4 is 40.2 Å². The maximum Gasteiger partial charge on any atom is 0.347 e. The van der Waals surface area contributed by atoms with Crippen molar-refractivity contribution in [1.29, 1.82) is 0 Å². The van der Waals surface area contributed by atoms with Gasteiger partial charge in [0, 0.05) is 18.4 Å². The summed E-state index contributed by atoms with van der Waals surface area (Å²) in [5.74, 6) is -2.22. The zero-order chi connectivity index (χ0) is 17.0. The average molecular weight is 339 g/mol. The Balaban J connectivity index is 2.36. The standard InChI is InChI=1S/C13H12F2N6OS/c1-7(22)21(11-3-2-8(14)4-10(11)15)13-19-9(6-23-13)5-18-20-12(16)17/h2-6H,1H3,(H4,16,17,20)/p+1/b18-5-. The Morgan fingerprint density at radius 1 is 1.39 bits per heavy atom. The summed E-state index contributed by atoms with van der Waals surface area (Å²) >= 11 is 1.14. The van der Waals surface area contributed by atoms with Crippen LogP contribution in [-0.4, -0.2) is 18.1 Å². The van der Waals surface area contributed by atoms with Crippen molar-refractivity contribution in [3.8, 4) is 0 Å². The largest absolute Gasteiger partial charge is 0.369 e.